The van der Waals surface area contributed by atoms with E-state index in [1.165, 1.54) is 17.1 Å². The highest BCUT2D eigenvalue weighted by atomic mass is 16.4. The van der Waals surface area contributed by atoms with E-state index < -0.39 is 12.0 Å². The number of para-hydroxylation sites is 2. The number of aryl methyl sites for hydroxylation is 1. The van der Waals surface area contributed by atoms with E-state index in [-0.39, 0.29) is 11.5 Å². The Morgan fingerprint density at radius 1 is 1.32 bits per heavy atom. The molecule has 3 aromatic rings. The fourth-order valence-electron chi connectivity index (χ4n) is 2.62. The Kier molecular flexibility index (Phi) is 4.51. The van der Waals surface area contributed by atoms with Crippen molar-refractivity contribution in [1.29, 1.82) is 0 Å². The molecule has 8 heteroatoms. The highest BCUT2D eigenvalue weighted by Gasteiger charge is 2.20. The number of carbonyl (C=O) groups excluding carboxylic acids is 1. The Labute approximate surface area is 144 Å². The molecule has 1 unspecified atom stereocenters. The third-order valence-corrected chi connectivity index (χ3v) is 3.96. The number of nitrogens with one attached hydrogen (secondary N) is 1. The van der Waals surface area contributed by atoms with Gasteiger partial charge < -0.3 is 9.67 Å². The van der Waals surface area contributed by atoms with Crippen molar-refractivity contribution in [2.75, 3.05) is 5.32 Å². The Morgan fingerprint density at radius 2 is 2.08 bits per heavy atom. The maximum absolute atomic E-state index is 12.6. The van der Waals surface area contributed by atoms with Gasteiger partial charge in [0, 0.05) is 12.7 Å². The summed E-state index contributed by atoms with van der Waals surface area (Å²) in [7, 11) is 0. The number of fused-ring (bicyclic) bond motifs is 1. The number of anilines is 1. The topological polar surface area (TPSA) is 102 Å². The van der Waals surface area contributed by atoms with Crippen LogP contribution in [0, 0.1) is 0 Å². The number of carboxylic acid groups (broad SMARTS) is 1. The predicted molar refractivity (Wildman–Crippen MR) is 92.6 cm³/mol. The van der Waals surface area contributed by atoms with Gasteiger partial charge in [-0.15, -0.1) is 0 Å². The molecule has 8 nitrogen and oxygen atoms in total. The number of carboxylic acids is 1. The van der Waals surface area contributed by atoms with Crippen molar-refractivity contribution in [3.63, 3.8) is 0 Å². The van der Waals surface area contributed by atoms with Crippen LogP contribution in [0.3, 0.4) is 0 Å². The maximum atomic E-state index is 12.6. The molecule has 0 aliphatic carbocycles. The molecule has 1 amide bonds. The summed E-state index contributed by atoms with van der Waals surface area (Å²) >= 11 is 0. The van der Waals surface area contributed by atoms with Crippen molar-refractivity contribution in [3.8, 4) is 0 Å². The minimum absolute atomic E-state index is 0.0397. The summed E-state index contributed by atoms with van der Waals surface area (Å²) in [6.07, 6.45) is 3.46. The number of hydrogen-bond acceptors (Lipinski definition) is 4. The zero-order chi connectivity index (χ0) is 18.0. The Balaban J connectivity index is 1.85. The van der Waals surface area contributed by atoms with Crippen LogP contribution in [-0.2, 0) is 11.3 Å². The number of imidazole rings is 1. The van der Waals surface area contributed by atoms with Crippen molar-refractivity contribution in [2.45, 2.75) is 32.9 Å². The zero-order valence-electron chi connectivity index (χ0n) is 14.0. The highest BCUT2D eigenvalue weighted by Crippen LogP contribution is 2.21. The normalized spacial score (nSPS) is 12.2. The fourth-order valence-corrected chi connectivity index (χ4v) is 2.62. The van der Waals surface area contributed by atoms with Crippen LogP contribution in [0.15, 0.2) is 36.7 Å². The molecule has 0 aliphatic heterocycles. The van der Waals surface area contributed by atoms with Gasteiger partial charge in [0.15, 0.2) is 0 Å². The lowest BCUT2D eigenvalue weighted by Crippen LogP contribution is -2.25. The van der Waals surface area contributed by atoms with Crippen molar-refractivity contribution >= 4 is 28.9 Å². The van der Waals surface area contributed by atoms with Crippen molar-refractivity contribution in [3.05, 3.63) is 42.2 Å². The number of amides is 1. The SMILES string of the molecule is CCCn1c(NC(=O)C(C)n2cc(C(=O)O)cn2)nc2ccccc21. The van der Waals surface area contributed by atoms with E-state index in [1.807, 2.05) is 28.8 Å². The lowest BCUT2D eigenvalue weighted by molar-refractivity contribution is -0.119. The number of hydrogen-bond donors (Lipinski definition) is 2. The van der Waals surface area contributed by atoms with Gasteiger partial charge in [0.25, 0.3) is 5.91 Å². The van der Waals surface area contributed by atoms with Gasteiger partial charge in [-0.05, 0) is 25.5 Å². The predicted octanol–water partition coefficient (Wildman–Crippen LogP) is 2.54. The molecular weight excluding hydrogens is 322 g/mol. The third-order valence-electron chi connectivity index (χ3n) is 3.96. The average molecular weight is 341 g/mol. The second-order valence-corrected chi connectivity index (χ2v) is 5.76. The summed E-state index contributed by atoms with van der Waals surface area (Å²) < 4.78 is 3.29. The number of aromatic carboxylic acids is 1. The first-order chi connectivity index (χ1) is 12.0. The zero-order valence-corrected chi connectivity index (χ0v) is 14.0. The number of carbonyl (C=O) groups is 2. The molecule has 25 heavy (non-hydrogen) atoms. The number of nitrogens with zero attached hydrogens (tertiary/aromatic N) is 4. The van der Waals surface area contributed by atoms with Crippen molar-refractivity contribution in [1.82, 2.24) is 19.3 Å². The second kappa shape index (κ2) is 6.76. The molecule has 130 valence electrons. The summed E-state index contributed by atoms with van der Waals surface area (Å²) in [5, 5.41) is 15.7. The molecule has 0 fully saturated rings. The van der Waals surface area contributed by atoms with Gasteiger partial charge in [-0.25, -0.2) is 9.78 Å². The summed E-state index contributed by atoms with van der Waals surface area (Å²) in [5.74, 6) is -0.915. The van der Waals surface area contributed by atoms with E-state index in [4.69, 9.17) is 5.11 Å². The number of rotatable bonds is 6. The van der Waals surface area contributed by atoms with E-state index in [9.17, 15) is 9.59 Å². The average Bonchev–Trinajstić information content (AvgIpc) is 3.20. The number of aromatic nitrogens is 4. The van der Waals surface area contributed by atoms with E-state index >= 15 is 0 Å². The van der Waals surface area contributed by atoms with Crippen LogP contribution in [0.2, 0.25) is 0 Å². The van der Waals surface area contributed by atoms with Crippen LogP contribution < -0.4 is 5.32 Å². The molecule has 0 saturated carbocycles. The largest absolute Gasteiger partial charge is 0.478 e. The quantitative estimate of drug-likeness (QED) is 0.717. The van der Waals surface area contributed by atoms with E-state index in [0.29, 0.717) is 5.95 Å². The second-order valence-electron chi connectivity index (χ2n) is 5.76. The molecule has 2 N–H and O–H groups in total. The first kappa shape index (κ1) is 16.7. The lowest BCUT2D eigenvalue weighted by Gasteiger charge is -2.13. The molecule has 0 aliphatic rings. The van der Waals surface area contributed by atoms with Crippen LogP contribution >= 0.6 is 0 Å². The van der Waals surface area contributed by atoms with Crippen LogP contribution in [0.1, 0.15) is 36.7 Å². The van der Waals surface area contributed by atoms with Gasteiger partial charge in [-0.1, -0.05) is 19.1 Å². The Bertz CT molecular complexity index is 927. The Morgan fingerprint density at radius 3 is 2.76 bits per heavy atom. The van der Waals surface area contributed by atoms with Gasteiger partial charge in [0.05, 0.1) is 22.8 Å². The van der Waals surface area contributed by atoms with Gasteiger partial charge in [-0.3, -0.25) is 14.8 Å². The lowest BCUT2D eigenvalue weighted by atomic mass is 10.3. The van der Waals surface area contributed by atoms with Crippen LogP contribution in [0.25, 0.3) is 11.0 Å². The summed E-state index contributed by atoms with van der Waals surface area (Å²) in [6, 6.07) is 7.03. The Hall–Kier alpha value is -3.16. The van der Waals surface area contributed by atoms with Crippen LogP contribution in [0.4, 0.5) is 5.95 Å². The molecule has 2 aromatic heterocycles. The first-order valence-corrected chi connectivity index (χ1v) is 8.04. The molecule has 2 heterocycles. The monoisotopic (exact) mass is 341 g/mol. The van der Waals surface area contributed by atoms with Crippen molar-refractivity contribution in [2.24, 2.45) is 0 Å². The van der Waals surface area contributed by atoms with Gasteiger partial charge >= 0.3 is 5.97 Å². The number of benzene rings is 1. The van der Waals surface area contributed by atoms with Gasteiger partial charge in [-0.2, -0.15) is 5.10 Å². The molecule has 0 bridgehead atoms. The highest BCUT2D eigenvalue weighted by molar-refractivity contribution is 5.94. The molecular formula is C17H19N5O3. The van der Waals surface area contributed by atoms with Gasteiger partial charge in [0.2, 0.25) is 5.95 Å². The van der Waals surface area contributed by atoms with Crippen LogP contribution in [0.5, 0.6) is 0 Å². The fraction of sp³-hybridized carbons (Fsp3) is 0.294. The molecule has 0 spiro atoms. The minimum Gasteiger partial charge on any atom is -0.478 e. The molecule has 0 radical (unpaired) electrons. The van der Waals surface area contributed by atoms with E-state index in [1.54, 1.807) is 6.92 Å². The summed E-state index contributed by atoms with van der Waals surface area (Å²) in [5.41, 5.74) is 1.81. The molecule has 0 saturated heterocycles. The first-order valence-electron chi connectivity index (χ1n) is 8.04. The standard InChI is InChI=1S/C17H19N5O3/c1-3-8-21-14-7-5-4-6-13(14)19-17(21)20-15(23)11(2)22-10-12(9-18-22)16(24)25/h4-7,9-11H,3,8H2,1-2H3,(H,24,25)(H,19,20,23). The molecule has 3 rings (SSSR count). The summed E-state index contributed by atoms with van der Waals surface area (Å²) in [6.45, 7) is 4.44. The summed E-state index contributed by atoms with van der Waals surface area (Å²) in [4.78, 5) is 28.0. The smallest absolute Gasteiger partial charge is 0.338 e. The van der Waals surface area contributed by atoms with Gasteiger partial charge in [0.1, 0.15) is 6.04 Å². The third kappa shape index (κ3) is 3.23. The molecule has 1 aromatic carbocycles. The maximum Gasteiger partial charge on any atom is 0.338 e. The van der Waals surface area contributed by atoms with E-state index in [0.717, 1.165) is 24.0 Å². The van der Waals surface area contributed by atoms with Crippen LogP contribution in [-0.4, -0.2) is 36.3 Å². The minimum atomic E-state index is -1.08. The van der Waals surface area contributed by atoms with Crippen molar-refractivity contribution < 1.29 is 14.7 Å². The van der Waals surface area contributed by atoms with E-state index in [2.05, 4.69) is 22.3 Å². The molecule has 1 atom stereocenters.